The van der Waals surface area contributed by atoms with E-state index in [0.717, 1.165) is 21.7 Å². The van der Waals surface area contributed by atoms with Gasteiger partial charge in [0, 0.05) is 17.0 Å². The second-order valence-corrected chi connectivity index (χ2v) is 4.30. The van der Waals surface area contributed by atoms with Crippen molar-refractivity contribution < 1.29 is 4.74 Å². The summed E-state index contributed by atoms with van der Waals surface area (Å²) in [5.74, 6) is 0.951. The molecule has 2 rings (SSSR count). The smallest absolute Gasteiger partial charge is 0.137 e. The molecule has 12 heavy (non-hydrogen) atoms. The van der Waals surface area contributed by atoms with Gasteiger partial charge in [0.05, 0.1) is 4.47 Å². The highest BCUT2D eigenvalue weighted by Crippen LogP contribution is 2.38. The van der Waals surface area contributed by atoms with E-state index in [0.29, 0.717) is 0 Å². The van der Waals surface area contributed by atoms with Gasteiger partial charge in [-0.25, -0.2) is 0 Å². The molecule has 0 saturated carbocycles. The summed E-state index contributed by atoms with van der Waals surface area (Å²) in [4.78, 5) is 0. The first kappa shape index (κ1) is 8.39. The minimum atomic E-state index is 0.273. The fourth-order valence-electron chi connectivity index (χ4n) is 1.45. The minimum Gasteiger partial charge on any atom is -0.489 e. The Kier molecular flexibility index (Phi) is 2.05. The van der Waals surface area contributed by atoms with Crippen LogP contribution in [0.3, 0.4) is 0 Å². The molecule has 0 N–H and O–H groups in total. The van der Waals surface area contributed by atoms with Crippen molar-refractivity contribution in [2.45, 2.75) is 19.4 Å². The molecule has 0 spiro atoms. The normalized spacial score (nSPS) is 20.4. The summed E-state index contributed by atoms with van der Waals surface area (Å²) in [5.41, 5.74) is 1.20. The standard InChI is InChI=1S/C9H8BrClO/c1-5-2-6-3-7(11)4-8(10)9(6)12-5/h3-5H,2H2,1H3. The number of benzene rings is 1. The Hall–Kier alpha value is -0.210. The van der Waals surface area contributed by atoms with Crippen molar-refractivity contribution in [3.63, 3.8) is 0 Å². The maximum absolute atomic E-state index is 5.89. The van der Waals surface area contributed by atoms with Crippen LogP contribution in [0.1, 0.15) is 12.5 Å². The third-order valence-corrected chi connectivity index (χ3v) is 2.72. The lowest BCUT2D eigenvalue weighted by Crippen LogP contribution is -2.05. The summed E-state index contributed by atoms with van der Waals surface area (Å²) in [6.07, 6.45) is 1.23. The Morgan fingerprint density at radius 1 is 1.58 bits per heavy atom. The summed E-state index contributed by atoms with van der Waals surface area (Å²) >= 11 is 9.31. The second-order valence-electron chi connectivity index (χ2n) is 3.01. The Labute approximate surface area is 84.8 Å². The monoisotopic (exact) mass is 246 g/mol. The van der Waals surface area contributed by atoms with Gasteiger partial charge in [-0.15, -0.1) is 0 Å². The molecule has 3 heteroatoms. The van der Waals surface area contributed by atoms with Crippen molar-refractivity contribution in [1.82, 2.24) is 0 Å². The van der Waals surface area contributed by atoms with Crippen molar-refractivity contribution in [3.05, 3.63) is 27.2 Å². The molecule has 0 bridgehead atoms. The largest absolute Gasteiger partial charge is 0.489 e. The molecule has 0 fully saturated rings. The SMILES string of the molecule is CC1Cc2cc(Cl)cc(Br)c2O1. The first-order valence-electron chi connectivity index (χ1n) is 3.81. The number of hydrogen-bond donors (Lipinski definition) is 0. The lowest BCUT2D eigenvalue weighted by Gasteiger charge is -2.04. The number of rotatable bonds is 0. The van der Waals surface area contributed by atoms with E-state index in [-0.39, 0.29) is 6.10 Å². The zero-order chi connectivity index (χ0) is 8.72. The van der Waals surface area contributed by atoms with Crippen molar-refractivity contribution in [2.75, 3.05) is 0 Å². The lowest BCUT2D eigenvalue weighted by atomic mass is 10.1. The van der Waals surface area contributed by atoms with E-state index < -0.39 is 0 Å². The molecule has 1 aliphatic heterocycles. The number of hydrogen-bond acceptors (Lipinski definition) is 1. The van der Waals surface area contributed by atoms with E-state index in [1.165, 1.54) is 5.56 Å². The topological polar surface area (TPSA) is 9.23 Å². The van der Waals surface area contributed by atoms with E-state index in [4.69, 9.17) is 16.3 Å². The molecule has 0 saturated heterocycles. The average Bonchev–Trinajstić information content (AvgIpc) is 2.29. The van der Waals surface area contributed by atoms with Gasteiger partial charge in [-0.2, -0.15) is 0 Å². The highest BCUT2D eigenvalue weighted by atomic mass is 79.9. The van der Waals surface area contributed by atoms with Crippen LogP contribution in [0.15, 0.2) is 16.6 Å². The molecular formula is C9H8BrClO. The zero-order valence-electron chi connectivity index (χ0n) is 6.60. The predicted octanol–water partition coefficient (Wildman–Crippen LogP) is 3.43. The Morgan fingerprint density at radius 3 is 3.08 bits per heavy atom. The van der Waals surface area contributed by atoms with Gasteiger partial charge >= 0.3 is 0 Å². The van der Waals surface area contributed by atoms with E-state index in [1.54, 1.807) is 0 Å². The molecule has 0 aromatic heterocycles. The Balaban J connectivity index is 2.52. The highest BCUT2D eigenvalue weighted by molar-refractivity contribution is 9.10. The summed E-state index contributed by atoms with van der Waals surface area (Å²) in [7, 11) is 0. The summed E-state index contributed by atoms with van der Waals surface area (Å²) in [5, 5.41) is 0.762. The third-order valence-electron chi connectivity index (χ3n) is 1.91. The van der Waals surface area contributed by atoms with Gasteiger partial charge in [-0.05, 0) is 35.0 Å². The van der Waals surface area contributed by atoms with Gasteiger partial charge in [0.15, 0.2) is 0 Å². The molecule has 1 aliphatic rings. The lowest BCUT2D eigenvalue weighted by molar-refractivity contribution is 0.253. The predicted molar refractivity (Wildman–Crippen MR) is 52.9 cm³/mol. The molecule has 1 aromatic rings. The molecule has 64 valence electrons. The van der Waals surface area contributed by atoms with Gasteiger partial charge in [0.2, 0.25) is 0 Å². The maximum atomic E-state index is 5.89. The van der Waals surface area contributed by atoms with Crippen LogP contribution < -0.4 is 4.74 Å². The first-order chi connectivity index (χ1) is 5.66. The Bertz CT molecular complexity index is 325. The van der Waals surface area contributed by atoms with E-state index in [1.807, 2.05) is 12.1 Å². The molecule has 1 heterocycles. The van der Waals surface area contributed by atoms with Crippen molar-refractivity contribution in [3.8, 4) is 5.75 Å². The van der Waals surface area contributed by atoms with Crippen LogP contribution in [0.5, 0.6) is 5.75 Å². The summed E-state index contributed by atoms with van der Waals surface area (Å²) in [6, 6.07) is 3.82. The molecule has 0 amide bonds. The van der Waals surface area contributed by atoms with Crippen LogP contribution in [0, 0.1) is 0 Å². The van der Waals surface area contributed by atoms with Crippen LogP contribution in [-0.2, 0) is 6.42 Å². The van der Waals surface area contributed by atoms with Crippen LogP contribution in [-0.4, -0.2) is 6.10 Å². The minimum absolute atomic E-state index is 0.273. The molecule has 1 nitrogen and oxygen atoms in total. The van der Waals surface area contributed by atoms with Gasteiger partial charge in [0.25, 0.3) is 0 Å². The van der Waals surface area contributed by atoms with Crippen LogP contribution in [0.4, 0.5) is 0 Å². The average molecular weight is 248 g/mol. The zero-order valence-corrected chi connectivity index (χ0v) is 8.95. The molecule has 1 unspecified atom stereocenters. The quantitative estimate of drug-likeness (QED) is 0.682. The van der Waals surface area contributed by atoms with Gasteiger partial charge in [0.1, 0.15) is 11.9 Å². The highest BCUT2D eigenvalue weighted by Gasteiger charge is 2.21. The van der Waals surface area contributed by atoms with Crippen LogP contribution in [0.25, 0.3) is 0 Å². The Morgan fingerprint density at radius 2 is 2.33 bits per heavy atom. The number of fused-ring (bicyclic) bond motifs is 1. The van der Waals surface area contributed by atoms with Crippen LogP contribution in [0.2, 0.25) is 5.02 Å². The third kappa shape index (κ3) is 1.34. The van der Waals surface area contributed by atoms with Crippen molar-refractivity contribution in [2.24, 2.45) is 0 Å². The molecule has 0 aliphatic carbocycles. The maximum Gasteiger partial charge on any atom is 0.137 e. The fourth-order valence-corrected chi connectivity index (χ4v) is 2.42. The molecule has 1 aromatic carbocycles. The number of ether oxygens (including phenoxy) is 1. The second kappa shape index (κ2) is 2.93. The summed E-state index contributed by atoms with van der Waals surface area (Å²) < 4.78 is 6.54. The van der Waals surface area contributed by atoms with Crippen molar-refractivity contribution in [1.29, 1.82) is 0 Å². The van der Waals surface area contributed by atoms with E-state index in [2.05, 4.69) is 22.9 Å². The molecular weight excluding hydrogens is 239 g/mol. The van der Waals surface area contributed by atoms with E-state index >= 15 is 0 Å². The molecule has 1 atom stereocenters. The van der Waals surface area contributed by atoms with Gasteiger partial charge in [-0.3, -0.25) is 0 Å². The van der Waals surface area contributed by atoms with Gasteiger partial charge in [-0.1, -0.05) is 11.6 Å². The fraction of sp³-hybridized carbons (Fsp3) is 0.333. The van der Waals surface area contributed by atoms with Crippen molar-refractivity contribution >= 4 is 27.5 Å². The first-order valence-corrected chi connectivity index (χ1v) is 4.98. The van der Waals surface area contributed by atoms with E-state index in [9.17, 15) is 0 Å². The molecule has 0 radical (unpaired) electrons. The summed E-state index contributed by atoms with van der Waals surface area (Å²) in [6.45, 7) is 2.06. The van der Waals surface area contributed by atoms with Crippen LogP contribution >= 0.6 is 27.5 Å². The number of halogens is 2. The van der Waals surface area contributed by atoms with Gasteiger partial charge < -0.3 is 4.74 Å².